The van der Waals surface area contributed by atoms with Crippen LogP contribution in [-0.2, 0) is 4.74 Å². The molecule has 0 N–H and O–H groups in total. The Balaban J connectivity index is 1.90. The van der Waals surface area contributed by atoms with Crippen LogP contribution in [0.1, 0.15) is 36.5 Å². The molecular formula is C17H20FN3O3. The number of hydrogen-bond donors (Lipinski definition) is 0. The molecule has 0 radical (unpaired) electrons. The van der Waals surface area contributed by atoms with Crippen LogP contribution in [-0.4, -0.2) is 35.8 Å². The van der Waals surface area contributed by atoms with Crippen LogP contribution in [0.2, 0.25) is 0 Å². The predicted octanol–water partition coefficient (Wildman–Crippen LogP) is 3.21. The Bertz CT molecular complexity index is 760. The molecule has 0 saturated carbocycles. The van der Waals surface area contributed by atoms with Gasteiger partial charge in [0.2, 0.25) is 5.82 Å². The minimum Gasteiger partial charge on any atom is -0.459 e. The average molecular weight is 333 g/mol. The van der Waals surface area contributed by atoms with Gasteiger partial charge in [-0.05, 0) is 38.3 Å². The zero-order valence-corrected chi connectivity index (χ0v) is 14.0. The van der Waals surface area contributed by atoms with Crippen molar-refractivity contribution in [1.29, 1.82) is 0 Å². The number of anilines is 1. The molecule has 6 nitrogen and oxygen atoms in total. The quantitative estimate of drug-likeness (QED) is 0.800. The average Bonchev–Trinajstić information content (AvgIpc) is 3.19. The summed E-state index contributed by atoms with van der Waals surface area (Å²) in [7, 11) is 0. The van der Waals surface area contributed by atoms with E-state index in [1.807, 2.05) is 6.07 Å². The number of rotatable bonds is 4. The Morgan fingerprint density at radius 1 is 1.50 bits per heavy atom. The van der Waals surface area contributed by atoms with Gasteiger partial charge in [-0.1, -0.05) is 12.1 Å². The van der Waals surface area contributed by atoms with Gasteiger partial charge in [-0.2, -0.15) is 4.98 Å². The zero-order chi connectivity index (χ0) is 17.3. The summed E-state index contributed by atoms with van der Waals surface area (Å²) < 4.78 is 24.4. The minimum atomic E-state index is -0.712. The van der Waals surface area contributed by atoms with Crippen LogP contribution >= 0.6 is 0 Å². The van der Waals surface area contributed by atoms with Gasteiger partial charge in [0.15, 0.2) is 0 Å². The zero-order valence-electron chi connectivity index (χ0n) is 14.0. The van der Waals surface area contributed by atoms with Crippen LogP contribution < -0.4 is 4.90 Å². The van der Waals surface area contributed by atoms with Crippen LogP contribution in [0, 0.1) is 18.7 Å². The summed E-state index contributed by atoms with van der Waals surface area (Å²) in [4.78, 5) is 17.7. The maximum atomic E-state index is 14.8. The first-order valence-corrected chi connectivity index (χ1v) is 8.06. The fourth-order valence-electron chi connectivity index (χ4n) is 2.95. The lowest BCUT2D eigenvalue weighted by Gasteiger charge is -2.21. The van der Waals surface area contributed by atoms with Crippen molar-refractivity contribution in [2.75, 3.05) is 24.6 Å². The molecule has 0 aliphatic carbocycles. The molecule has 2 aromatic rings. The molecule has 1 fully saturated rings. The highest BCUT2D eigenvalue weighted by Crippen LogP contribution is 2.32. The molecule has 0 amide bonds. The lowest BCUT2D eigenvalue weighted by Crippen LogP contribution is -2.20. The van der Waals surface area contributed by atoms with Crippen molar-refractivity contribution in [3.05, 3.63) is 29.4 Å². The summed E-state index contributed by atoms with van der Waals surface area (Å²) in [6.07, 6.45) is 1.11. The molecule has 1 atom stereocenters. The number of ether oxygens (including phenoxy) is 1. The van der Waals surface area contributed by atoms with Crippen molar-refractivity contribution < 1.29 is 18.4 Å². The Morgan fingerprint density at radius 2 is 2.29 bits per heavy atom. The van der Waals surface area contributed by atoms with E-state index in [-0.39, 0.29) is 23.9 Å². The topological polar surface area (TPSA) is 68.5 Å². The van der Waals surface area contributed by atoms with E-state index in [4.69, 9.17) is 9.26 Å². The van der Waals surface area contributed by atoms with E-state index in [2.05, 4.69) is 22.0 Å². The third-order valence-electron chi connectivity index (χ3n) is 4.24. The molecule has 0 spiro atoms. The highest BCUT2D eigenvalue weighted by atomic mass is 19.1. The van der Waals surface area contributed by atoms with E-state index in [0.29, 0.717) is 11.5 Å². The third kappa shape index (κ3) is 2.98. The van der Waals surface area contributed by atoms with Crippen molar-refractivity contribution >= 4 is 11.7 Å². The number of benzene rings is 1. The molecule has 7 heteroatoms. The molecule has 1 saturated heterocycles. The summed E-state index contributed by atoms with van der Waals surface area (Å²) in [5.74, 6) is -0.739. The molecule has 1 aliphatic heterocycles. The van der Waals surface area contributed by atoms with Crippen molar-refractivity contribution in [2.24, 2.45) is 5.92 Å². The summed E-state index contributed by atoms with van der Waals surface area (Å²) in [6, 6.07) is 3.49. The van der Waals surface area contributed by atoms with Crippen LogP contribution in [0.3, 0.4) is 0 Å². The first kappa shape index (κ1) is 16.4. The molecule has 1 aromatic heterocycles. The van der Waals surface area contributed by atoms with Crippen molar-refractivity contribution in [3.63, 3.8) is 0 Å². The molecule has 0 bridgehead atoms. The highest BCUT2D eigenvalue weighted by molar-refractivity contribution is 5.84. The number of aromatic nitrogens is 2. The maximum Gasteiger partial charge on any atom is 0.397 e. The summed E-state index contributed by atoms with van der Waals surface area (Å²) in [5, 5.41) is 3.69. The lowest BCUT2D eigenvalue weighted by atomic mass is 10.1. The van der Waals surface area contributed by atoms with Gasteiger partial charge in [0.1, 0.15) is 5.82 Å². The van der Waals surface area contributed by atoms with Gasteiger partial charge in [0, 0.05) is 24.3 Å². The highest BCUT2D eigenvalue weighted by Gasteiger charge is 2.24. The van der Waals surface area contributed by atoms with Crippen LogP contribution in [0.15, 0.2) is 16.7 Å². The predicted molar refractivity (Wildman–Crippen MR) is 86.4 cm³/mol. The molecule has 3 rings (SSSR count). The van der Waals surface area contributed by atoms with Gasteiger partial charge < -0.3 is 14.2 Å². The standard InChI is InChI=1S/C17H20FN3O3/c1-4-23-17(22)16-19-15(20-24-16)12-5-6-13(11(3)14(12)18)21-8-7-10(2)9-21/h5-6,10H,4,7-9H2,1-3H3/t10-/m1/s1. The largest absolute Gasteiger partial charge is 0.459 e. The Morgan fingerprint density at radius 3 is 2.96 bits per heavy atom. The van der Waals surface area contributed by atoms with Crippen LogP contribution in [0.5, 0.6) is 0 Å². The second-order valence-corrected chi connectivity index (χ2v) is 6.05. The van der Waals surface area contributed by atoms with Gasteiger partial charge in [-0.15, -0.1) is 0 Å². The van der Waals surface area contributed by atoms with Gasteiger partial charge in [-0.25, -0.2) is 9.18 Å². The molecule has 2 heterocycles. The summed E-state index contributed by atoms with van der Waals surface area (Å²) >= 11 is 0. The van der Waals surface area contributed by atoms with Crippen molar-refractivity contribution in [3.8, 4) is 11.4 Å². The monoisotopic (exact) mass is 333 g/mol. The van der Waals surface area contributed by atoms with Crippen molar-refractivity contribution in [2.45, 2.75) is 27.2 Å². The smallest absolute Gasteiger partial charge is 0.397 e. The van der Waals surface area contributed by atoms with Gasteiger partial charge in [0.05, 0.1) is 12.2 Å². The van der Waals surface area contributed by atoms with E-state index in [9.17, 15) is 9.18 Å². The number of hydrogen-bond acceptors (Lipinski definition) is 6. The Hall–Kier alpha value is -2.44. The van der Waals surface area contributed by atoms with E-state index in [1.165, 1.54) is 0 Å². The second-order valence-electron chi connectivity index (χ2n) is 6.05. The van der Waals surface area contributed by atoms with Gasteiger partial charge >= 0.3 is 11.9 Å². The summed E-state index contributed by atoms with van der Waals surface area (Å²) in [6.45, 7) is 7.66. The Labute approximate surface area is 139 Å². The number of halogens is 1. The molecule has 1 aliphatic rings. The van der Waals surface area contributed by atoms with Gasteiger partial charge in [0.25, 0.3) is 0 Å². The van der Waals surface area contributed by atoms with E-state index >= 15 is 0 Å². The lowest BCUT2D eigenvalue weighted by molar-refractivity contribution is 0.0470. The molecular weight excluding hydrogens is 313 g/mol. The normalized spacial score (nSPS) is 17.3. The number of carbonyl (C=O) groups excluding carboxylic acids is 1. The fourth-order valence-corrected chi connectivity index (χ4v) is 2.95. The molecule has 1 aromatic carbocycles. The first-order valence-electron chi connectivity index (χ1n) is 8.06. The van der Waals surface area contributed by atoms with Gasteiger partial charge in [-0.3, -0.25) is 0 Å². The third-order valence-corrected chi connectivity index (χ3v) is 4.24. The van der Waals surface area contributed by atoms with Crippen molar-refractivity contribution in [1.82, 2.24) is 10.1 Å². The van der Waals surface area contributed by atoms with Crippen LogP contribution in [0.25, 0.3) is 11.4 Å². The minimum absolute atomic E-state index is 0.0417. The summed E-state index contributed by atoms with van der Waals surface area (Å²) in [5.41, 5.74) is 1.64. The molecule has 128 valence electrons. The first-order chi connectivity index (χ1) is 11.5. The molecule has 24 heavy (non-hydrogen) atoms. The second kappa shape index (κ2) is 6.59. The Kier molecular flexibility index (Phi) is 4.51. The molecule has 0 unspecified atom stereocenters. The van der Waals surface area contributed by atoms with Crippen LogP contribution in [0.4, 0.5) is 10.1 Å². The maximum absolute atomic E-state index is 14.8. The fraction of sp³-hybridized carbons (Fsp3) is 0.471. The SMILES string of the molecule is CCOC(=O)c1nc(-c2ccc(N3CC[C@@H](C)C3)c(C)c2F)no1. The number of carbonyl (C=O) groups is 1. The van der Waals surface area contributed by atoms with E-state index in [1.54, 1.807) is 19.9 Å². The number of esters is 1. The van der Waals surface area contributed by atoms with E-state index < -0.39 is 11.8 Å². The van der Waals surface area contributed by atoms with E-state index in [0.717, 1.165) is 25.2 Å². The number of nitrogens with zero attached hydrogens (tertiary/aromatic N) is 3.